The van der Waals surface area contributed by atoms with E-state index in [0.29, 0.717) is 42.2 Å². The fraction of sp³-hybridized carbons (Fsp3) is 0.312. The number of ether oxygens (including phenoxy) is 2. The number of hydrogen-bond acceptors (Lipinski definition) is 11. The number of aliphatic hydroxyl groups excluding tert-OH is 1. The standard InChI is InChI=1S/C48H47ClFN7O8S/c1-29-44(65-28-54-29)32-8-6-30(7-9-32)24-53-45(61)41-22-36(58)26-55(41)43(60)25-52-42(59)27-63-18-4-5-19-64-37-15-11-31(12-16-37)33-13-17-40(39(50)20-33)57-47(66)56(46(62)48(57,2)3)35-14-10-34(23-51)38(49)21-35/h6-17,20-21,28,36,41,58H,4-5,18-19,22,24-27H2,1-3H3,(H,52,59)(H,53,61)/t36-,41+/m1/s1. The van der Waals surface area contributed by atoms with E-state index in [1.807, 2.05) is 49.4 Å². The number of anilines is 2. The number of unbranched alkanes of at least 4 members (excludes halogenated alkanes) is 1. The molecule has 0 unspecified atom stereocenters. The van der Waals surface area contributed by atoms with Crippen molar-refractivity contribution in [3.63, 3.8) is 0 Å². The highest BCUT2D eigenvalue weighted by Gasteiger charge is 2.51. The zero-order valence-electron chi connectivity index (χ0n) is 36.4. The molecule has 1 aromatic heterocycles. The summed E-state index contributed by atoms with van der Waals surface area (Å²) < 4.78 is 32.6. The van der Waals surface area contributed by atoms with Crippen LogP contribution in [0.2, 0.25) is 5.02 Å². The minimum Gasteiger partial charge on any atom is -0.494 e. The van der Waals surface area contributed by atoms with Crippen LogP contribution >= 0.6 is 23.8 Å². The lowest BCUT2D eigenvalue weighted by molar-refractivity contribution is -0.139. The number of nitriles is 1. The molecule has 15 nitrogen and oxygen atoms in total. The first-order chi connectivity index (χ1) is 31.7. The van der Waals surface area contributed by atoms with Crippen molar-refractivity contribution in [2.75, 3.05) is 42.7 Å². The topological polar surface area (TPSA) is 191 Å². The Morgan fingerprint density at radius 3 is 2.39 bits per heavy atom. The van der Waals surface area contributed by atoms with Crippen molar-refractivity contribution in [3.8, 4) is 34.3 Å². The average molecular weight is 936 g/mol. The Bertz CT molecular complexity index is 2670. The van der Waals surface area contributed by atoms with Gasteiger partial charge in [-0.3, -0.25) is 24.1 Å². The summed E-state index contributed by atoms with van der Waals surface area (Å²) >= 11 is 11.9. The number of β-amino-alcohol motifs (C(OH)–C–C–N with tert-alkyl or cyclic N) is 1. The number of aromatic nitrogens is 1. The Labute approximate surface area is 391 Å². The van der Waals surface area contributed by atoms with Crippen molar-refractivity contribution in [1.82, 2.24) is 20.5 Å². The third-order valence-corrected chi connectivity index (χ3v) is 12.0. The van der Waals surface area contributed by atoms with E-state index in [1.165, 1.54) is 39.3 Å². The minimum atomic E-state index is -1.22. The van der Waals surface area contributed by atoms with E-state index >= 15 is 4.39 Å². The summed E-state index contributed by atoms with van der Waals surface area (Å²) in [5, 5.41) is 25.1. The number of carbonyl (C=O) groups is 4. The molecule has 3 N–H and O–H groups in total. The molecule has 0 aliphatic carbocycles. The minimum absolute atomic E-state index is 0.0203. The van der Waals surface area contributed by atoms with Crippen molar-refractivity contribution in [3.05, 3.63) is 119 Å². The number of amides is 4. The van der Waals surface area contributed by atoms with Crippen LogP contribution in [0.1, 0.15) is 49.9 Å². The molecule has 66 heavy (non-hydrogen) atoms. The predicted molar refractivity (Wildman–Crippen MR) is 248 cm³/mol. The fourth-order valence-corrected chi connectivity index (χ4v) is 8.49. The highest BCUT2D eigenvalue weighted by molar-refractivity contribution is 7.81. The van der Waals surface area contributed by atoms with Gasteiger partial charge in [0.2, 0.25) is 17.7 Å². The van der Waals surface area contributed by atoms with E-state index < -0.39 is 41.2 Å². The van der Waals surface area contributed by atoms with E-state index in [2.05, 4.69) is 15.6 Å². The number of aliphatic hydroxyl groups is 1. The SMILES string of the molecule is Cc1ncoc1-c1ccc(CNC(=O)[C@@H]2C[C@@H](O)CN2C(=O)CNC(=O)COCCCCOc2ccc(-c3ccc(N4C(=S)N(c5ccc(C#N)c(Cl)c5)C(=O)C4(C)C)c(F)c3)cc2)cc1. The number of halogens is 2. The molecule has 0 radical (unpaired) electrons. The van der Waals surface area contributed by atoms with Crippen LogP contribution in [-0.4, -0.2) is 94.3 Å². The van der Waals surface area contributed by atoms with Crippen LogP contribution in [0.3, 0.4) is 0 Å². The van der Waals surface area contributed by atoms with Gasteiger partial charge in [-0.15, -0.1) is 0 Å². The van der Waals surface area contributed by atoms with Gasteiger partial charge in [-0.05, 0) is 105 Å². The van der Waals surface area contributed by atoms with E-state index in [4.69, 9.17) is 37.7 Å². The number of hydrogen-bond donors (Lipinski definition) is 3. The van der Waals surface area contributed by atoms with Gasteiger partial charge in [0, 0.05) is 31.7 Å². The number of thiocarbonyl (C=S) groups is 1. The van der Waals surface area contributed by atoms with Gasteiger partial charge in [-0.2, -0.15) is 5.26 Å². The summed E-state index contributed by atoms with van der Waals surface area (Å²) in [7, 11) is 0. The molecule has 5 aromatic rings. The van der Waals surface area contributed by atoms with Crippen LogP contribution in [0.5, 0.6) is 5.75 Å². The predicted octanol–water partition coefficient (Wildman–Crippen LogP) is 6.47. The van der Waals surface area contributed by atoms with Crippen molar-refractivity contribution in [2.24, 2.45) is 0 Å². The second kappa shape index (κ2) is 20.6. The van der Waals surface area contributed by atoms with E-state index in [-0.39, 0.29) is 66.6 Å². The molecule has 0 saturated carbocycles. The van der Waals surface area contributed by atoms with Crippen molar-refractivity contribution in [1.29, 1.82) is 5.26 Å². The van der Waals surface area contributed by atoms with Crippen LogP contribution in [0.4, 0.5) is 15.8 Å². The number of nitrogens with one attached hydrogen (secondary N) is 2. The molecule has 18 heteroatoms. The number of carbonyl (C=O) groups excluding carboxylic acids is 4. The molecular weight excluding hydrogens is 889 g/mol. The summed E-state index contributed by atoms with van der Waals surface area (Å²) in [4.78, 5) is 60.2. The molecule has 2 atom stereocenters. The first-order valence-electron chi connectivity index (χ1n) is 21.2. The fourth-order valence-electron chi connectivity index (χ4n) is 7.76. The zero-order valence-corrected chi connectivity index (χ0v) is 38.0. The molecule has 2 aliphatic heterocycles. The normalized spacial score (nSPS) is 16.7. The summed E-state index contributed by atoms with van der Waals surface area (Å²) in [5.41, 5.74) is 3.36. The largest absolute Gasteiger partial charge is 0.494 e. The zero-order chi connectivity index (χ0) is 47.1. The smallest absolute Gasteiger partial charge is 0.259 e. The van der Waals surface area contributed by atoms with Gasteiger partial charge < -0.3 is 39.4 Å². The average Bonchev–Trinajstić information content (AvgIpc) is 3.97. The van der Waals surface area contributed by atoms with E-state index in [0.717, 1.165) is 22.4 Å². The van der Waals surface area contributed by atoms with Crippen LogP contribution in [0.25, 0.3) is 22.5 Å². The Morgan fingerprint density at radius 2 is 1.71 bits per heavy atom. The molecule has 7 rings (SSSR count). The van der Waals surface area contributed by atoms with Crippen molar-refractivity contribution >= 4 is 63.9 Å². The monoisotopic (exact) mass is 935 g/mol. The van der Waals surface area contributed by atoms with Crippen molar-refractivity contribution in [2.45, 2.75) is 64.3 Å². The number of benzene rings is 4. The highest BCUT2D eigenvalue weighted by Crippen LogP contribution is 2.39. The number of nitrogens with zero attached hydrogens (tertiary/aromatic N) is 5. The van der Waals surface area contributed by atoms with Gasteiger partial charge in [0.25, 0.3) is 5.91 Å². The molecule has 2 aliphatic rings. The van der Waals surface area contributed by atoms with Crippen LogP contribution in [-0.2, 0) is 30.5 Å². The molecule has 2 saturated heterocycles. The number of rotatable bonds is 17. The Morgan fingerprint density at radius 1 is 1.00 bits per heavy atom. The molecule has 3 heterocycles. The van der Waals surface area contributed by atoms with Gasteiger partial charge in [-0.25, -0.2) is 9.37 Å². The Balaban J connectivity index is 0.798. The number of oxazole rings is 1. The van der Waals surface area contributed by atoms with Gasteiger partial charge >= 0.3 is 0 Å². The highest BCUT2D eigenvalue weighted by atomic mass is 35.5. The van der Waals surface area contributed by atoms with Gasteiger partial charge in [0.1, 0.15) is 35.8 Å². The lowest BCUT2D eigenvalue weighted by atomic mass is 10.0. The summed E-state index contributed by atoms with van der Waals surface area (Å²) in [6.07, 6.45) is 1.84. The molecule has 4 aromatic carbocycles. The quantitative estimate of drug-likeness (QED) is 0.0682. The van der Waals surface area contributed by atoms with Crippen LogP contribution in [0, 0.1) is 24.1 Å². The molecule has 4 amide bonds. The summed E-state index contributed by atoms with van der Waals surface area (Å²) in [5.74, 6) is -1.05. The molecule has 342 valence electrons. The second-order valence-electron chi connectivity index (χ2n) is 16.3. The summed E-state index contributed by atoms with van der Waals surface area (Å²) in [6, 6.07) is 25.0. The molecule has 2 fully saturated rings. The maximum absolute atomic E-state index is 15.8. The number of likely N-dealkylation sites (tertiary alicyclic amines) is 1. The molecule has 0 bridgehead atoms. The number of aryl methyl sites for hydroxylation is 1. The van der Waals surface area contributed by atoms with Gasteiger partial charge in [-0.1, -0.05) is 54.1 Å². The van der Waals surface area contributed by atoms with Crippen LogP contribution < -0.4 is 25.2 Å². The molecular formula is C48H47ClFN7O8S. The summed E-state index contributed by atoms with van der Waals surface area (Å²) in [6.45, 7) is 5.43. The maximum Gasteiger partial charge on any atom is 0.259 e. The van der Waals surface area contributed by atoms with E-state index in [1.54, 1.807) is 44.2 Å². The van der Waals surface area contributed by atoms with Crippen molar-refractivity contribution < 1.29 is 42.6 Å². The molecule has 0 spiro atoms. The first-order valence-corrected chi connectivity index (χ1v) is 21.9. The van der Waals surface area contributed by atoms with Gasteiger partial charge in [0.15, 0.2) is 17.3 Å². The lowest BCUT2D eigenvalue weighted by Crippen LogP contribution is -2.49. The van der Waals surface area contributed by atoms with Crippen LogP contribution in [0.15, 0.2) is 95.7 Å². The Hall–Kier alpha value is -6.71. The Kier molecular flexibility index (Phi) is 14.8. The maximum atomic E-state index is 15.8. The van der Waals surface area contributed by atoms with E-state index in [9.17, 15) is 29.5 Å². The van der Waals surface area contributed by atoms with Gasteiger partial charge in [0.05, 0.1) is 46.9 Å². The third-order valence-electron chi connectivity index (χ3n) is 11.3. The second-order valence-corrected chi connectivity index (χ2v) is 17.1. The lowest BCUT2D eigenvalue weighted by Gasteiger charge is -2.30. The first kappa shape index (κ1) is 47.3. The third kappa shape index (κ3) is 10.5.